The summed E-state index contributed by atoms with van der Waals surface area (Å²) in [6, 6.07) is 4.45. The van der Waals surface area contributed by atoms with Crippen LogP contribution in [0.1, 0.15) is 10.4 Å². The average molecular weight is 318 g/mol. The van der Waals surface area contributed by atoms with Gasteiger partial charge in [0, 0.05) is 0 Å². The van der Waals surface area contributed by atoms with Crippen molar-refractivity contribution in [3.8, 4) is 0 Å². The molecule has 1 aromatic rings. The molecule has 0 saturated heterocycles. The molecule has 0 bridgehead atoms. The van der Waals surface area contributed by atoms with Gasteiger partial charge in [-0.25, -0.2) is 0 Å². The number of benzene rings is 1. The van der Waals surface area contributed by atoms with E-state index in [4.69, 9.17) is 30.7 Å². The second kappa shape index (κ2) is 5.72. The third kappa shape index (κ3) is 3.25. The normalized spacial score (nSPS) is 9.64. The summed E-state index contributed by atoms with van der Waals surface area (Å²) in [4.78, 5) is 10.7. The summed E-state index contributed by atoms with van der Waals surface area (Å²) < 4.78 is 0.461. The van der Waals surface area contributed by atoms with Crippen LogP contribution in [0.3, 0.4) is 0 Å². The molecular formula is C7H7AsCl3NO2. The van der Waals surface area contributed by atoms with Gasteiger partial charge in [0.1, 0.15) is 0 Å². The van der Waals surface area contributed by atoms with Gasteiger partial charge in [0.2, 0.25) is 0 Å². The van der Waals surface area contributed by atoms with Crippen LogP contribution in [0.5, 0.6) is 0 Å². The molecule has 0 aliphatic rings. The van der Waals surface area contributed by atoms with Crippen LogP contribution in [-0.4, -0.2) is 23.8 Å². The number of nitrogens with two attached hydrogens (primary N) is 1. The number of aromatic carboxylic acids is 1. The van der Waals surface area contributed by atoms with Crippen molar-refractivity contribution in [3.63, 3.8) is 0 Å². The fraction of sp³-hybridized carbons (Fsp3) is 0. The summed E-state index contributed by atoms with van der Waals surface area (Å²) in [5.74, 6) is -1.03. The Kier molecular flexibility index (Phi) is 5.68. The molecule has 78 valence electrons. The Morgan fingerprint density at radius 2 is 2.00 bits per heavy atom. The molecule has 0 spiro atoms. The third-order valence-electron chi connectivity index (χ3n) is 1.43. The molecule has 3 nitrogen and oxygen atoms in total. The van der Waals surface area contributed by atoms with Crippen LogP contribution in [0.2, 0.25) is 0 Å². The molecule has 0 saturated carbocycles. The van der Waals surface area contributed by atoms with Gasteiger partial charge in [0.05, 0.1) is 0 Å². The van der Waals surface area contributed by atoms with Crippen molar-refractivity contribution in [1.82, 2.24) is 0 Å². The van der Waals surface area contributed by atoms with E-state index in [0.29, 0.717) is 10.0 Å². The van der Waals surface area contributed by atoms with Crippen molar-refractivity contribution in [2.24, 2.45) is 0 Å². The Hall–Kier alpha value is -0.0816. The van der Waals surface area contributed by atoms with Crippen LogP contribution in [-0.2, 0) is 0 Å². The molecule has 14 heavy (non-hydrogen) atoms. The molecule has 0 aliphatic heterocycles. The van der Waals surface area contributed by atoms with Crippen molar-refractivity contribution in [2.45, 2.75) is 0 Å². The molecular weight excluding hydrogens is 311 g/mol. The Balaban J connectivity index is 0.00000169. The fourth-order valence-electron chi connectivity index (χ4n) is 0.869. The second-order valence-electron chi connectivity index (χ2n) is 2.31. The number of anilines is 1. The van der Waals surface area contributed by atoms with Crippen molar-refractivity contribution in [2.75, 3.05) is 5.73 Å². The Labute approximate surface area is 100 Å². The summed E-state index contributed by atoms with van der Waals surface area (Å²) in [7, 11) is 11.4. The molecule has 0 radical (unpaired) electrons. The van der Waals surface area contributed by atoms with Gasteiger partial charge in [0.15, 0.2) is 0 Å². The third-order valence-corrected chi connectivity index (χ3v) is 4.87. The summed E-state index contributed by atoms with van der Waals surface area (Å²) in [6.45, 7) is 0. The molecule has 7 heteroatoms. The SMILES string of the molecule is Cl.Nc1ccc(C(=O)O)c([As](Cl)Cl)c1. The van der Waals surface area contributed by atoms with Crippen LogP contribution < -0.4 is 10.1 Å². The first-order valence-electron chi connectivity index (χ1n) is 3.27. The van der Waals surface area contributed by atoms with Gasteiger partial charge in [-0.1, -0.05) is 0 Å². The second-order valence-corrected chi connectivity index (χ2v) is 8.72. The number of hydrogen-bond donors (Lipinski definition) is 2. The van der Waals surface area contributed by atoms with Gasteiger partial charge in [0.25, 0.3) is 0 Å². The molecule has 0 heterocycles. The standard InChI is InChI=1S/C7H6AsCl2NO2.ClH/c9-8(10)6-3-4(11)1-2-5(6)7(12)13;/h1-3H,11H2,(H,12,13);1H. The predicted molar refractivity (Wildman–Crippen MR) is 62.2 cm³/mol. The zero-order valence-electron chi connectivity index (χ0n) is 6.78. The van der Waals surface area contributed by atoms with E-state index in [1.165, 1.54) is 18.2 Å². The maximum absolute atomic E-state index is 10.7. The molecule has 1 aromatic carbocycles. The molecule has 1 rings (SSSR count). The van der Waals surface area contributed by atoms with Gasteiger partial charge in [-0.05, 0) is 0 Å². The van der Waals surface area contributed by atoms with Crippen LogP contribution in [0.15, 0.2) is 18.2 Å². The molecule has 0 aromatic heterocycles. The summed E-state index contributed by atoms with van der Waals surface area (Å²) in [6.07, 6.45) is 0. The molecule has 0 amide bonds. The minimum absolute atomic E-state index is 0. The Morgan fingerprint density at radius 1 is 1.43 bits per heavy atom. The monoisotopic (exact) mass is 317 g/mol. The van der Waals surface area contributed by atoms with Crippen molar-refractivity contribution >= 4 is 61.1 Å². The van der Waals surface area contributed by atoms with Crippen molar-refractivity contribution < 1.29 is 9.90 Å². The number of halogens is 3. The van der Waals surface area contributed by atoms with Crippen LogP contribution >= 0.6 is 32.3 Å². The fourth-order valence-corrected chi connectivity index (χ4v) is 3.58. The van der Waals surface area contributed by atoms with Gasteiger partial charge >= 0.3 is 88.1 Å². The summed E-state index contributed by atoms with van der Waals surface area (Å²) in [5.41, 5.74) is 6.09. The first-order valence-corrected chi connectivity index (χ1v) is 9.14. The first-order chi connectivity index (χ1) is 6.02. The number of carboxylic acid groups (broad SMARTS) is 1. The molecule has 3 N–H and O–H groups in total. The predicted octanol–water partition coefficient (Wildman–Crippen LogP) is 1.56. The molecule has 0 unspecified atom stereocenters. The summed E-state index contributed by atoms with van der Waals surface area (Å²) in [5, 5.41) is 8.77. The van der Waals surface area contributed by atoms with E-state index in [1.54, 1.807) is 0 Å². The van der Waals surface area contributed by atoms with E-state index < -0.39 is 18.7 Å². The van der Waals surface area contributed by atoms with Gasteiger partial charge < -0.3 is 0 Å². The zero-order valence-corrected chi connectivity index (χ0v) is 11.0. The Bertz CT molecular complexity index is 346. The number of nitrogen functional groups attached to an aromatic ring is 1. The van der Waals surface area contributed by atoms with E-state index in [1.807, 2.05) is 0 Å². The van der Waals surface area contributed by atoms with Gasteiger partial charge in [-0.2, -0.15) is 0 Å². The molecule has 0 fully saturated rings. The number of hydrogen-bond acceptors (Lipinski definition) is 2. The van der Waals surface area contributed by atoms with Crippen LogP contribution in [0.25, 0.3) is 0 Å². The quantitative estimate of drug-likeness (QED) is 0.642. The van der Waals surface area contributed by atoms with E-state index >= 15 is 0 Å². The molecule has 0 atom stereocenters. The van der Waals surface area contributed by atoms with Gasteiger partial charge in [-0.3, -0.25) is 0 Å². The average Bonchev–Trinajstić information content (AvgIpc) is 2.03. The van der Waals surface area contributed by atoms with E-state index in [2.05, 4.69) is 0 Å². The Morgan fingerprint density at radius 3 is 2.43 bits per heavy atom. The zero-order chi connectivity index (χ0) is 10.0. The summed E-state index contributed by atoms with van der Waals surface area (Å²) >= 11 is -2.23. The van der Waals surface area contributed by atoms with E-state index in [0.717, 1.165) is 0 Å². The molecule has 0 aliphatic carbocycles. The number of rotatable bonds is 2. The topological polar surface area (TPSA) is 63.3 Å². The number of carboxylic acids is 1. The maximum atomic E-state index is 10.7. The van der Waals surface area contributed by atoms with E-state index in [9.17, 15) is 4.79 Å². The van der Waals surface area contributed by atoms with Crippen LogP contribution in [0, 0.1) is 0 Å². The number of carbonyl (C=O) groups is 1. The van der Waals surface area contributed by atoms with Crippen molar-refractivity contribution in [3.05, 3.63) is 23.8 Å². The minimum atomic E-state index is -2.23. The van der Waals surface area contributed by atoms with Gasteiger partial charge in [-0.15, -0.1) is 12.4 Å². The van der Waals surface area contributed by atoms with Crippen LogP contribution in [0.4, 0.5) is 5.69 Å². The first kappa shape index (κ1) is 13.9. The van der Waals surface area contributed by atoms with Crippen molar-refractivity contribution in [1.29, 1.82) is 0 Å². The van der Waals surface area contributed by atoms with E-state index in [-0.39, 0.29) is 18.0 Å².